The highest BCUT2D eigenvalue weighted by Gasteiger charge is 2.07. The Morgan fingerprint density at radius 2 is 1.74 bits per heavy atom. The number of rotatable bonds is 9. The van der Waals surface area contributed by atoms with Crippen LogP contribution in [0.4, 0.5) is 11.8 Å². The van der Waals surface area contributed by atoms with Gasteiger partial charge in [0.15, 0.2) is 0 Å². The Bertz CT molecular complexity index is 821. The van der Waals surface area contributed by atoms with Gasteiger partial charge in [0.05, 0.1) is 17.9 Å². The van der Waals surface area contributed by atoms with Gasteiger partial charge in [0, 0.05) is 24.4 Å². The monoisotopic (exact) mass is 362 g/mol. The van der Waals surface area contributed by atoms with Crippen LogP contribution in [0.25, 0.3) is 11.3 Å². The molecule has 0 saturated carbocycles. The lowest BCUT2D eigenvalue weighted by Gasteiger charge is -2.12. The Kier molecular flexibility index (Phi) is 6.71. The zero-order valence-electron chi connectivity index (χ0n) is 15.9. The van der Waals surface area contributed by atoms with E-state index in [1.165, 1.54) is 0 Å². The van der Waals surface area contributed by atoms with Crippen molar-refractivity contribution in [3.8, 4) is 11.3 Å². The topological polar surface area (TPSA) is 66.0 Å². The molecule has 2 heterocycles. The molecule has 0 radical (unpaired) electrons. The van der Waals surface area contributed by atoms with Gasteiger partial charge in [-0.25, -0.2) is 4.98 Å². The minimum absolute atomic E-state index is 0.617. The van der Waals surface area contributed by atoms with Gasteiger partial charge in [0.1, 0.15) is 5.82 Å². The average molecular weight is 362 g/mol. The number of hydrogen-bond donors (Lipinski definition) is 2. The van der Waals surface area contributed by atoms with Crippen molar-refractivity contribution in [1.29, 1.82) is 0 Å². The number of hydrogen-bond acceptors (Lipinski definition) is 6. The van der Waals surface area contributed by atoms with Gasteiger partial charge < -0.3 is 15.5 Å². The van der Waals surface area contributed by atoms with Crippen LogP contribution < -0.4 is 10.6 Å². The second-order valence-corrected chi connectivity index (χ2v) is 6.59. The predicted molar refractivity (Wildman–Crippen MR) is 111 cm³/mol. The molecule has 0 atom stereocenters. The van der Waals surface area contributed by atoms with Crippen molar-refractivity contribution in [2.75, 3.05) is 37.8 Å². The molecule has 2 aromatic heterocycles. The molecule has 3 aromatic rings. The summed E-state index contributed by atoms with van der Waals surface area (Å²) in [6.07, 6.45) is 2.83. The van der Waals surface area contributed by atoms with E-state index in [1.807, 2.05) is 42.5 Å². The molecular formula is C21H26N6. The van der Waals surface area contributed by atoms with Crippen molar-refractivity contribution < 1.29 is 0 Å². The number of anilines is 2. The Hall–Kier alpha value is -2.99. The van der Waals surface area contributed by atoms with E-state index in [2.05, 4.69) is 56.7 Å². The van der Waals surface area contributed by atoms with E-state index >= 15 is 0 Å². The molecular weight excluding hydrogens is 336 g/mol. The van der Waals surface area contributed by atoms with Crippen molar-refractivity contribution in [2.45, 2.75) is 13.0 Å². The second-order valence-electron chi connectivity index (χ2n) is 6.59. The van der Waals surface area contributed by atoms with Crippen LogP contribution in [-0.4, -0.2) is 47.0 Å². The third-order valence-corrected chi connectivity index (χ3v) is 4.04. The lowest BCUT2D eigenvalue weighted by molar-refractivity contribution is 0.405. The molecule has 0 bridgehead atoms. The van der Waals surface area contributed by atoms with Gasteiger partial charge in [0.2, 0.25) is 5.95 Å². The third kappa shape index (κ3) is 6.04. The van der Waals surface area contributed by atoms with Gasteiger partial charge in [-0.1, -0.05) is 36.4 Å². The lowest BCUT2D eigenvalue weighted by atomic mass is 10.1. The summed E-state index contributed by atoms with van der Waals surface area (Å²) in [5.74, 6) is 1.42. The van der Waals surface area contributed by atoms with E-state index < -0.39 is 0 Å². The van der Waals surface area contributed by atoms with Gasteiger partial charge in [-0.2, -0.15) is 4.98 Å². The minimum atomic E-state index is 0.617. The van der Waals surface area contributed by atoms with Crippen molar-refractivity contribution >= 4 is 11.8 Å². The van der Waals surface area contributed by atoms with Gasteiger partial charge in [-0.3, -0.25) is 4.98 Å². The SMILES string of the molecule is CN(C)CCCNc1nc(NCc2ccccn2)cc(-c2ccccc2)n1. The molecule has 0 aliphatic rings. The predicted octanol–water partition coefficient (Wildman–Crippen LogP) is 3.51. The quantitative estimate of drug-likeness (QED) is 0.568. The first-order valence-corrected chi connectivity index (χ1v) is 9.17. The largest absolute Gasteiger partial charge is 0.364 e. The molecule has 0 fully saturated rings. The van der Waals surface area contributed by atoms with E-state index in [1.54, 1.807) is 6.20 Å². The van der Waals surface area contributed by atoms with Crippen LogP contribution in [0.3, 0.4) is 0 Å². The summed E-state index contributed by atoms with van der Waals surface area (Å²) in [4.78, 5) is 15.8. The molecule has 140 valence electrons. The molecule has 0 aliphatic carbocycles. The van der Waals surface area contributed by atoms with Gasteiger partial charge in [-0.15, -0.1) is 0 Å². The molecule has 0 unspecified atom stereocenters. The second kappa shape index (κ2) is 9.64. The van der Waals surface area contributed by atoms with Gasteiger partial charge in [0.25, 0.3) is 0 Å². The van der Waals surface area contributed by atoms with Crippen LogP contribution in [0.1, 0.15) is 12.1 Å². The summed E-state index contributed by atoms with van der Waals surface area (Å²) in [6, 6.07) is 18.0. The fourth-order valence-electron chi connectivity index (χ4n) is 2.65. The molecule has 27 heavy (non-hydrogen) atoms. The maximum absolute atomic E-state index is 4.68. The van der Waals surface area contributed by atoms with Crippen LogP contribution in [0.5, 0.6) is 0 Å². The fourth-order valence-corrected chi connectivity index (χ4v) is 2.65. The summed E-state index contributed by atoms with van der Waals surface area (Å²) in [5.41, 5.74) is 2.93. The molecule has 3 rings (SSSR count). The first kappa shape index (κ1) is 18.8. The summed E-state index contributed by atoms with van der Waals surface area (Å²) in [6.45, 7) is 2.47. The summed E-state index contributed by atoms with van der Waals surface area (Å²) >= 11 is 0. The van der Waals surface area contributed by atoms with Crippen molar-refractivity contribution in [3.05, 3.63) is 66.5 Å². The highest BCUT2D eigenvalue weighted by molar-refractivity contribution is 5.64. The molecule has 0 amide bonds. The number of pyridine rings is 1. The Labute approximate surface area is 160 Å². The van der Waals surface area contributed by atoms with E-state index in [-0.39, 0.29) is 0 Å². The summed E-state index contributed by atoms with van der Waals surface area (Å²) in [5, 5.41) is 6.70. The smallest absolute Gasteiger partial charge is 0.225 e. The molecule has 0 saturated heterocycles. The Morgan fingerprint density at radius 1 is 0.926 bits per heavy atom. The van der Waals surface area contributed by atoms with Crippen molar-refractivity contribution in [3.63, 3.8) is 0 Å². The van der Waals surface area contributed by atoms with Crippen molar-refractivity contribution in [1.82, 2.24) is 19.9 Å². The van der Waals surface area contributed by atoms with Gasteiger partial charge in [-0.05, 0) is 39.2 Å². The maximum Gasteiger partial charge on any atom is 0.225 e. The van der Waals surface area contributed by atoms with E-state index in [9.17, 15) is 0 Å². The Morgan fingerprint density at radius 3 is 2.48 bits per heavy atom. The first-order valence-electron chi connectivity index (χ1n) is 9.17. The standard InChI is InChI=1S/C21H26N6/c1-27(2)14-8-13-23-21-25-19(17-9-4-3-5-10-17)15-20(26-21)24-16-18-11-6-7-12-22-18/h3-7,9-12,15H,8,13-14,16H2,1-2H3,(H2,23,24,25,26). The summed E-state index contributed by atoms with van der Waals surface area (Å²) < 4.78 is 0. The van der Waals surface area contributed by atoms with Crippen LogP contribution >= 0.6 is 0 Å². The molecule has 0 spiro atoms. The van der Waals surface area contributed by atoms with Gasteiger partial charge >= 0.3 is 0 Å². The summed E-state index contributed by atoms with van der Waals surface area (Å²) in [7, 11) is 4.15. The number of benzene rings is 1. The lowest BCUT2D eigenvalue weighted by Crippen LogP contribution is -2.17. The van der Waals surface area contributed by atoms with Crippen LogP contribution in [0.2, 0.25) is 0 Å². The third-order valence-electron chi connectivity index (χ3n) is 4.04. The van der Waals surface area contributed by atoms with Crippen LogP contribution in [-0.2, 0) is 6.54 Å². The normalized spacial score (nSPS) is 10.8. The maximum atomic E-state index is 4.68. The van der Waals surface area contributed by atoms with E-state index in [0.717, 1.165) is 42.3 Å². The van der Waals surface area contributed by atoms with E-state index in [4.69, 9.17) is 0 Å². The number of aromatic nitrogens is 3. The molecule has 6 heteroatoms. The fraction of sp³-hybridized carbons (Fsp3) is 0.286. The van der Waals surface area contributed by atoms with Crippen LogP contribution in [0.15, 0.2) is 60.8 Å². The van der Waals surface area contributed by atoms with Crippen molar-refractivity contribution in [2.24, 2.45) is 0 Å². The molecule has 2 N–H and O–H groups in total. The molecule has 0 aliphatic heterocycles. The molecule has 6 nitrogen and oxygen atoms in total. The minimum Gasteiger partial charge on any atom is -0.364 e. The van der Waals surface area contributed by atoms with Crippen LogP contribution in [0, 0.1) is 0 Å². The van der Waals surface area contributed by atoms with E-state index in [0.29, 0.717) is 12.5 Å². The number of nitrogens with zero attached hydrogens (tertiary/aromatic N) is 4. The highest BCUT2D eigenvalue weighted by Crippen LogP contribution is 2.21. The zero-order chi connectivity index (χ0) is 18.9. The highest BCUT2D eigenvalue weighted by atomic mass is 15.1. The average Bonchev–Trinajstić information content (AvgIpc) is 2.71. The number of nitrogens with one attached hydrogen (secondary N) is 2. The Balaban J connectivity index is 1.75. The zero-order valence-corrected chi connectivity index (χ0v) is 15.9. The first-order chi connectivity index (χ1) is 13.2. The molecule has 1 aromatic carbocycles.